The van der Waals surface area contributed by atoms with Crippen molar-refractivity contribution in [2.45, 2.75) is 44.1 Å². The van der Waals surface area contributed by atoms with Crippen molar-refractivity contribution >= 4 is 11.7 Å². The van der Waals surface area contributed by atoms with Gasteiger partial charge in [0.15, 0.2) is 0 Å². The van der Waals surface area contributed by atoms with E-state index in [1.165, 1.54) is 30.4 Å². The van der Waals surface area contributed by atoms with Crippen molar-refractivity contribution in [3.8, 4) is 5.75 Å². The Hall–Kier alpha value is -1.71. The highest BCUT2D eigenvalue weighted by molar-refractivity contribution is 5.94. The molecule has 19 heavy (non-hydrogen) atoms. The van der Waals surface area contributed by atoms with Crippen LogP contribution in [0.4, 0.5) is 10.5 Å². The van der Waals surface area contributed by atoms with E-state index >= 15 is 0 Å². The molecule has 0 saturated heterocycles. The van der Waals surface area contributed by atoms with Crippen molar-refractivity contribution in [1.29, 1.82) is 0 Å². The molecule has 1 aliphatic carbocycles. The van der Waals surface area contributed by atoms with Crippen LogP contribution in [0.2, 0.25) is 0 Å². The van der Waals surface area contributed by atoms with Crippen molar-refractivity contribution < 1.29 is 9.53 Å². The van der Waals surface area contributed by atoms with Gasteiger partial charge in [0.2, 0.25) is 0 Å². The number of benzene rings is 1. The molecule has 0 radical (unpaired) electrons. The monoisotopic (exact) mass is 258 g/mol. The molecule has 4 nitrogen and oxygen atoms in total. The average Bonchev–Trinajstić information content (AvgIpc) is 2.87. The first-order chi connectivity index (χ1) is 9.28. The average molecular weight is 258 g/mol. The number of ether oxygens (including phenoxy) is 1. The highest BCUT2D eigenvalue weighted by Gasteiger charge is 2.43. The highest BCUT2D eigenvalue weighted by atomic mass is 16.5. The number of carbonyl (C=O) groups excluding carboxylic acids is 1. The van der Waals surface area contributed by atoms with Crippen LogP contribution in [0.25, 0.3) is 0 Å². The number of hydrogen-bond donors (Lipinski definition) is 2. The van der Waals surface area contributed by atoms with Crippen LogP contribution in [-0.2, 0) is 12.0 Å². The molecule has 4 heteroatoms. The van der Waals surface area contributed by atoms with Crippen LogP contribution >= 0.6 is 0 Å². The summed E-state index contributed by atoms with van der Waals surface area (Å²) in [5.41, 5.74) is 3.21. The second kappa shape index (κ2) is 3.89. The highest BCUT2D eigenvalue weighted by Crippen LogP contribution is 2.49. The molecule has 1 aromatic carbocycles. The zero-order chi connectivity index (χ0) is 12.9. The summed E-state index contributed by atoms with van der Waals surface area (Å²) in [5, 5.41) is 6.12. The predicted octanol–water partition coefficient (Wildman–Crippen LogP) is 2.92. The lowest BCUT2D eigenvalue weighted by Gasteiger charge is -2.43. The number of carbonyl (C=O) groups is 1. The molecule has 100 valence electrons. The van der Waals surface area contributed by atoms with Gasteiger partial charge in [-0.3, -0.25) is 0 Å². The van der Waals surface area contributed by atoms with E-state index in [0.717, 1.165) is 37.3 Å². The summed E-state index contributed by atoms with van der Waals surface area (Å²) in [4.78, 5) is 11.9. The standard InChI is InChI=1S/C15H18N2O2/c18-14-16-11-5-4-10-6-9-19-13(10)12(11)15(17-14)7-2-1-3-8-15/h4-5H,1-3,6-9H2,(H2,16,17,18). The maximum atomic E-state index is 11.9. The quantitative estimate of drug-likeness (QED) is 0.751. The van der Waals surface area contributed by atoms with Crippen molar-refractivity contribution in [3.63, 3.8) is 0 Å². The van der Waals surface area contributed by atoms with Gasteiger partial charge in [0, 0.05) is 12.0 Å². The molecule has 1 saturated carbocycles. The Morgan fingerprint density at radius 2 is 2.00 bits per heavy atom. The summed E-state index contributed by atoms with van der Waals surface area (Å²) in [5.74, 6) is 1.02. The molecule has 1 aromatic rings. The topological polar surface area (TPSA) is 50.4 Å². The van der Waals surface area contributed by atoms with Crippen molar-refractivity contribution in [3.05, 3.63) is 23.3 Å². The Morgan fingerprint density at radius 3 is 2.84 bits per heavy atom. The molecule has 1 spiro atoms. The lowest BCUT2D eigenvalue weighted by Crippen LogP contribution is -2.52. The third kappa shape index (κ3) is 1.55. The molecule has 0 unspecified atom stereocenters. The van der Waals surface area contributed by atoms with Gasteiger partial charge in [-0.25, -0.2) is 4.79 Å². The van der Waals surface area contributed by atoms with Crippen LogP contribution in [0.3, 0.4) is 0 Å². The first kappa shape index (κ1) is 11.1. The third-order valence-electron chi connectivity index (χ3n) is 4.64. The Labute approximate surface area is 112 Å². The number of rotatable bonds is 0. The van der Waals surface area contributed by atoms with Crippen LogP contribution < -0.4 is 15.4 Å². The Morgan fingerprint density at radius 1 is 1.16 bits per heavy atom. The van der Waals surface area contributed by atoms with Crippen molar-refractivity contribution in [2.75, 3.05) is 11.9 Å². The van der Waals surface area contributed by atoms with Crippen LogP contribution in [-0.4, -0.2) is 12.6 Å². The number of anilines is 1. The summed E-state index contributed by atoms with van der Waals surface area (Å²) in [6.45, 7) is 0.760. The van der Waals surface area contributed by atoms with Crippen LogP contribution in [0.15, 0.2) is 12.1 Å². The molecule has 4 rings (SSSR count). The molecule has 0 aromatic heterocycles. The van der Waals surface area contributed by atoms with E-state index in [9.17, 15) is 4.79 Å². The lowest BCUT2D eigenvalue weighted by molar-refractivity contribution is 0.205. The van der Waals surface area contributed by atoms with E-state index in [2.05, 4.69) is 16.7 Å². The molecule has 1 fully saturated rings. The molecule has 0 atom stereocenters. The molecule has 3 aliphatic rings. The van der Waals surface area contributed by atoms with Crippen molar-refractivity contribution in [1.82, 2.24) is 5.32 Å². The molecular formula is C15H18N2O2. The maximum absolute atomic E-state index is 11.9. The smallest absolute Gasteiger partial charge is 0.319 e. The normalized spacial score (nSPS) is 23.1. The minimum absolute atomic E-state index is 0.0765. The summed E-state index contributed by atoms with van der Waals surface area (Å²) < 4.78 is 5.87. The summed E-state index contributed by atoms with van der Waals surface area (Å²) in [7, 11) is 0. The number of amides is 2. The largest absolute Gasteiger partial charge is 0.492 e. The predicted molar refractivity (Wildman–Crippen MR) is 72.6 cm³/mol. The Bertz CT molecular complexity index is 547. The van der Waals surface area contributed by atoms with Gasteiger partial charge in [-0.2, -0.15) is 0 Å². The van der Waals surface area contributed by atoms with E-state index in [-0.39, 0.29) is 11.6 Å². The van der Waals surface area contributed by atoms with Gasteiger partial charge in [-0.05, 0) is 24.5 Å². The van der Waals surface area contributed by atoms with Crippen molar-refractivity contribution in [2.24, 2.45) is 0 Å². The summed E-state index contributed by atoms with van der Waals surface area (Å²) in [6, 6.07) is 4.05. The number of nitrogens with one attached hydrogen (secondary N) is 2. The van der Waals surface area contributed by atoms with E-state index in [4.69, 9.17) is 4.74 Å². The second-order valence-electron chi connectivity index (χ2n) is 5.80. The van der Waals surface area contributed by atoms with Crippen LogP contribution in [0.1, 0.15) is 43.2 Å². The minimum Gasteiger partial charge on any atom is -0.492 e. The van der Waals surface area contributed by atoms with Gasteiger partial charge in [0.05, 0.1) is 17.8 Å². The van der Waals surface area contributed by atoms with Gasteiger partial charge in [-0.1, -0.05) is 25.3 Å². The Kier molecular flexibility index (Phi) is 2.28. The fourth-order valence-corrected chi connectivity index (χ4v) is 3.79. The number of hydrogen-bond acceptors (Lipinski definition) is 2. The van der Waals surface area contributed by atoms with E-state index in [1.807, 2.05) is 6.07 Å². The van der Waals surface area contributed by atoms with E-state index in [0.29, 0.717) is 0 Å². The summed E-state index contributed by atoms with van der Waals surface area (Å²) in [6.07, 6.45) is 6.62. The molecule has 0 bridgehead atoms. The first-order valence-corrected chi connectivity index (χ1v) is 7.17. The summed E-state index contributed by atoms with van der Waals surface area (Å²) >= 11 is 0. The maximum Gasteiger partial charge on any atom is 0.319 e. The van der Waals surface area contributed by atoms with Gasteiger partial charge in [0.25, 0.3) is 0 Å². The lowest BCUT2D eigenvalue weighted by atomic mass is 9.74. The number of urea groups is 1. The van der Waals surface area contributed by atoms with Gasteiger partial charge >= 0.3 is 6.03 Å². The van der Waals surface area contributed by atoms with Gasteiger partial charge in [-0.15, -0.1) is 0 Å². The second-order valence-corrected chi connectivity index (χ2v) is 5.80. The molecular weight excluding hydrogens is 240 g/mol. The fourth-order valence-electron chi connectivity index (χ4n) is 3.79. The van der Waals surface area contributed by atoms with Gasteiger partial charge < -0.3 is 15.4 Å². The van der Waals surface area contributed by atoms with E-state index < -0.39 is 0 Å². The third-order valence-corrected chi connectivity index (χ3v) is 4.64. The van der Waals surface area contributed by atoms with Crippen LogP contribution in [0.5, 0.6) is 5.75 Å². The Balaban J connectivity index is 1.92. The zero-order valence-electron chi connectivity index (χ0n) is 10.9. The molecule has 2 amide bonds. The fraction of sp³-hybridized carbons (Fsp3) is 0.533. The SMILES string of the molecule is O=C1Nc2ccc3c(c2C2(CCCCC2)N1)OCC3. The molecule has 2 heterocycles. The molecule has 2 aliphatic heterocycles. The van der Waals surface area contributed by atoms with Gasteiger partial charge in [0.1, 0.15) is 5.75 Å². The zero-order valence-corrected chi connectivity index (χ0v) is 10.9. The number of fused-ring (bicyclic) bond motifs is 4. The minimum atomic E-state index is -0.203. The van der Waals surface area contributed by atoms with Crippen LogP contribution in [0, 0.1) is 0 Å². The van der Waals surface area contributed by atoms with E-state index in [1.54, 1.807) is 0 Å². The molecule has 2 N–H and O–H groups in total. The first-order valence-electron chi connectivity index (χ1n) is 7.17.